The lowest BCUT2D eigenvalue weighted by Crippen LogP contribution is -2.16. The predicted molar refractivity (Wildman–Crippen MR) is 58.3 cm³/mol. The number of aliphatic hydroxyl groups is 1. The molecule has 80 valence electrons. The molecule has 1 aromatic heterocycles. The van der Waals surface area contributed by atoms with Gasteiger partial charge in [0.2, 0.25) is 0 Å². The van der Waals surface area contributed by atoms with Crippen LogP contribution in [0.25, 0.3) is 0 Å². The highest BCUT2D eigenvalue weighted by Gasteiger charge is 2.64. The van der Waals surface area contributed by atoms with Crippen molar-refractivity contribution in [3.8, 4) is 0 Å². The lowest BCUT2D eigenvalue weighted by atomic mass is 10.0. The molecule has 3 rings (SSSR count). The van der Waals surface area contributed by atoms with Crippen LogP contribution in [0.3, 0.4) is 0 Å². The van der Waals surface area contributed by atoms with E-state index in [1.807, 2.05) is 24.4 Å². The van der Waals surface area contributed by atoms with Gasteiger partial charge in [-0.1, -0.05) is 12.5 Å². The summed E-state index contributed by atoms with van der Waals surface area (Å²) in [6.45, 7) is 0. The number of nitrogens with zero attached hydrogens (tertiary/aromatic N) is 1. The van der Waals surface area contributed by atoms with Gasteiger partial charge in [0.05, 0.1) is 5.60 Å². The SMILES string of the molecule is OC1(CCc2ccccn2)C2CCCC21. The second-order valence-corrected chi connectivity index (χ2v) is 4.96. The molecule has 0 aromatic carbocycles. The van der Waals surface area contributed by atoms with E-state index < -0.39 is 0 Å². The molecule has 0 saturated heterocycles. The zero-order valence-electron chi connectivity index (χ0n) is 8.89. The third-order valence-corrected chi connectivity index (χ3v) is 4.20. The van der Waals surface area contributed by atoms with Crippen molar-refractivity contribution >= 4 is 0 Å². The number of aryl methyl sites for hydroxylation is 1. The summed E-state index contributed by atoms with van der Waals surface area (Å²) in [6.07, 6.45) is 7.45. The van der Waals surface area contributed by atoms with Gasteiger partial charge in [0.15, 0.2) is 0 Å². The number of pyridine rings is 1. The Balaban J connectivity index is 1.60. The van der Waals surface area contributed by atoms with Crippen molar-refractivity contribution in [1.29, 1.82) is 0 Å². The van der Waals surface area contributed by atoms with Crippen molar-refractivity contribution in [3.05, 3.63) is 30.1 Å². The molecule has 1 N–H and O–H groups in total. The highest BCUT2D eigenvalue weighted by Crippen LogP contribution is 2.62. The summed E-state index contributed by atoms with van der Waals surface area (Å²) < 4.78 is 0. The van der Waals surface area contributed by atoms with Gasteiger partial charge < -0.3 is 5.11 Å². The first kappa shape index (κ1) is 9.34. The fourth-order valence-electron chi connectivity index (χ4n) is 3.29. The van der Waals surface area contributed by atoms with E-state index in [1.165, 1.54) is 19.3 Å². The van der Waals surface area contributed by atoms with Crippen LogP contribution in [0.15, 0.2) is 24.4 Å². The van der Waals surface area contributed by atoms with E-state index in [2.05, 4.69) is 4.98 Å². The molecule has 15 heavy (non-hydrogen) atoms. The molecule has 2 atom stereocenters. The quantitative estimate of drug-likeness (QED) is 0.816. The fraction of sp³-hybridized carbons (Fsp3) is 0.615. The van der Waals surface area contributed by atoms with Gasteiger partial charge in [-0.15, -0.1) is 0 Å². The maximum absolute atomic E-state index is 10.3. The first-order valence-corrected chi connectivity index (χ1v) is 5.93. The van der Waals surface area contributed by atoms with Crippen LogP contribution in [0.5, 0.6) is 0 Å². The van der Waals surface area contributed by atoms with Crippen molar-refractivity contribution < 1.29 is 5.11 Å². The van der Waals surface area contributed by atoms with Crippen LogP contribution >= 0.6 is 0 Å². The molecular formula is C13H17NO. The topological polar surface area (TPSA) is 33.1 Å². The molecule has 2 aliphatic rings. The van der Waals surface area contributed by atoms with E-state index in [-0.39, 0.29) is 5.60 Å². The van der Waals surface area contributed by atoms with E-state index in [0.717, 1.165) is 18.5 Å². The molecule has 2 saturated carbocycles. The molecule has 2 fully saturated rings. The maximum atomic E-state index is 10.3. The molecule has 0 amide bonds. The zero-order valence-corrected chi connectivity index (χ0v) is 8.89. The summed E-state index contributed by atoms with van der Waals surface area (Å²) in [5, 5.41) is 10.3. The average molecular weight is 203 g/mol. The van der Waals surface area contributed by atoms with Gasteiger partial charge in [0, 0.05) is 11.9 Å². The van der Waals surface area contributed by atoms with E-state index in [0.29, 0.717) is 11.8 Å². The molecule has 1 heterocycles. The second-order valence-electron chi connectivity index (χ2n) is 4.96. The summed E-state index contributed by atoms with van der Waals surface area (Å²) in [5.74, 6) is 1.22. The number of aromatic nitrogens is 1. The second kappa shape index (κ2) is 3.31. The van der Waals surface area contributed by atoms with Gasteiger partial charge >= 0.3 is 0 Å². The molecule has 2 nitrogen and oxygen atoms in total. The van der Waals surface area contributed by atoms with Crippen LogP contribution in [0.1, 0.15) is 31.4 Å². The van der Waals surface area contributed by atoms with Gasteiger partial charge in [-0.2, -0.15) is 0 Å². The van der Waals surface area contributed by atoms with Gasteiger partial charge in [-0.25, -0.2) is 0 Å². The third-order valence-electron chi connectivity index (χ3n) is 4.20. The molecule has 2 unspecified atom stereocenters. The van der Waals surface area contributed by atoms with Crippen molar-refractivity contribution in [2.45, 2.75) is 37.7 Å². The molecule has 0 spiro atoms. The molecule has 2 heteroatoms. The fourth-order valence-corrected chi connectivity index (χ4v) is 3.29. The Hall–Kier alpha value is -0.890. The summed E-state index contributed by atoms with van der Waals surface area (Å²) >= 11 is 0. The Bertz CT molecular complexity index is 339. The molecule has 0 aliphatic heterocycles. The summed E-state index contributed by atoms with van der Waals surface area (Å²) in [7, 11) is 0. The van der Waals surface area contributed by atoms with Gasteiger partial charge in [0.1, 0.15) is 0 Å². The van der Waals surface area contributed by atoms with Crippen molar-refractivity contribution in [3.63, 3.8) is 0 Å². The molecule has 0 radical (unpaired) electrons. The van der Waals surface area contributed by atoms with Crippen LogP contribution < -0.4 is 0 Å². The minimum Gasteiger partial charge on any atom is -0.389 e. The van der Waals surface area contributed by atoms with Crippen LogP contribution in [-0.2, 0) is 6.42 Å². The average Bonchev–Trinajstić information content (AvgIpc) is 2.71. The number of fused-ring (bicyclic) bond motifs is 1. The monoisotopic (exact) mass is 203 g/mol. The number of rotatable bonds is 3. The van der Waals surface area contributed by atoms with Crippen molar-refractivity contribution in [2.75, 3.05) is 0 Å². The highest BCUT2D eigenvalue weighted by atomic mass is 16.3. The molecule has 1 aromatic rings. The van der Waals surface area contributed by atoms with Gasteiger partial charge in [-0.05, 0) is 49.7 Å². The van der Waals surface area contributed by atoms with Crippen molar-refractivity contribution in [1.82, 2.24) is 4.98 Å². The minimum absolute atomic E-state index is 0.324. The van der Waals surface area contributed by atoms with Gasteiger partial charge in [0.25, 0.3) is 0 Å². The van der Waals surface area contributed by atoms with Crippen LogP contribution in [0.4, 0.5) is 0 Å². The van der Waals surface area contributed by atoms with Crippen LogP contribution in [-0.4, -0.2) is 15.7 Å². The highest BCUT2D eigenvalue weighted by molar-refractivity contribution is 5.16. The van der Waals surface area contributed by atoms with Crippen molar-refractivity contribution in [2.24, 2.45) is 11.8 Å². The normalized spacial score (nSPS) is 37.7. The largest absolute Gasteiger partial charge is 0.389 e. The standard InChI is InChI=1S/C13H17NO/c15-13(11-5-3-6-12(11)13)8-7-10-4-1-2-9-14-10/h1-2,4,9,11-12,15H,3,5-8H2. The number of hydrogen-bond acceptors (Lipinski definition) is 2. The summed E-state index contributed by atoms with van der Waals surface area (Å²) in [4.78, 5) is 4.29. The number of hydrogen-bond donors (Lipinski definition) is 1. The van der Waals surface area contributed by atoms with E-state index in [4.69, 9.17) is 0 Å². The zero-order chi connectivity index (χ0) is 10.3. The van der Waals surface area contributed by atoms with Crippen LogP contribution in [0.2, 0.25) is 0 Å². The lowest BCUT2D eigenvalue weighted by Gasteiger charge is -2.13. The summed E-state index contributed by atoms with van der Waals surface area (Å²) in [6, 6.07) is 5.99. The molecule has 2 aliphatic carbocycles. The maximum Gasteiger partial charge on any atom is 0.0715 e. The van der Waals surface area contributed by atoms with Crippen LogP contribution in [0, 0.1) is 11.8 Å². The van der Waals surface area contributed by atoms with E-state index >= 15 is 0 Å². The van der Waals surface area contributed by atoms with E-state index in [9.17, 15) is 5.11 Å². The predicted octanol–water partition coefficient (Wildman–Crippen LogP) is 2.18. The Morgan fingerprint density at radius 3 is 2.80 bits per heavy atom. The lowest BCUT2D eigenvalue weighted by molar-refractivity contribution is 0.0967. The van der Waals surface area contributed by atoms with E-state index in [1.54, 1.807) is 0 Å². The summed E-state index contributed by atoms with van der Waals surface area (Å²) in [5.41, 5.74) is 0.784. The Morgan fingerprint density at radius 2 is 2.13 bits per heavy atom. The van der Waals surface area contributed by atoms with Gasteiger partial charge in [-0.3, -0.25) is 4.98 Å². The minimum atomic E-state index is -0.324. The Kier molecular flexibility index (Phi) is 2.06. The molecular weight excluding hydrogens is 186 g/mol. The smallest absolute Gasteiger partial charge is 0.0715 e. The first-order valence-electron chi connectivity index (χ1n) is 5.93. The first-order chi connectivity index (χ1) is 7.31. The molecule has 0 bridgehead atoms. The third kappa shape index (κ3) is 1.48. The Morgan fingerprint density at radius 1 is 1.33 bits per heavy atom. The Labute approximate surface area is 90.4 Å².